The predicted octanol–water partition coefficient (Wildman–Crippen LogP) is 2.88. The largest absolute Gasteiger partial charge is 0.416 e. The highest BCUT2D eigenvalue weighted by Crippen LogP contribution is 2.30. The van der Waals surface area contributed by atoms with Crippen molar-refractivity contribution in [1.29, 1.82) is 0 Å². The van der Waals surface area contributed by atoms with Crippen LogP contribution in [0.25, 0.3) is 0 Å². The van der Waals surface area contributed by atoms with Crippen LogP contribution < -0.4 is 5.73 Å². The van der Waals surface area contributed by atoms with Gasteiger partial charge in [0.2, 0.25) is 0 Å². The molecule has 6 heteroatoms. The number of primary amides is 1. The molecular weight excluding hydrogens is 215 g/mol. The molecule has 0 saturated heterocycles. The van der Waals surface area contributed by atoms with E-state index in [0.717, 1.165) is 12.1 Å². The number of benzene rings is 1. The second-order valence-electron chi connectivity index (χ2n) is 2.44. The minimum atomic E-state index is -4.35. The first-order valence-corrected chi connectivity index (χ1v) is 4.36. The third-order valence-electron chi connectivity index (χ3n) is 1.40. The van der Waals surface area contributed by atoms with Crippen molar-refractivity contribution in [3.63, 3.8) is 0 Å². The van der Waals surface area contributed by atoms with Gasteiger partial charge in [0, 0.05) is 4.90 Å². The summed E-state index contributed by atoms with van der Waals surface area (Å²) >= 11 is 0.689. The van der Waals surface area contributed by atoms with Crippen LogP contribution in [0.3, 0.4) is 0 Å². The first-order chi connectivity index (χ1) is 6.39. The number of thioether (sulfide) groups is 1. The molecule has 0 aliphatic rings. The van der Waals surface area contributed by atoms with Crippen molar-refractivity contribution in [2.75, 3.05) is 0 Å². The molecule has 0 heterocycles. The first kappa shape index (κ1) is 10.9. The molecule has 1 rings (SSSR count). The maximum atomic E-state index is 12.1. The van der Waals surface area contributed by atoms with Gasteiger partial charge in [-0.2, -0.15) is 13.2 Å². The highest BCUT2D eigenvalue weighted by atomic mass is 32.2. The van der Waals surface area contributed by atoms with Crippen molar-refractivity contribution in [2.45, 2.75) is 11.1 Å². The number of carbonyl (C=O) groups is 1. The average molecular weight is 221 g/mol. The molecule has 2 nitrogen and oxygen atoms in total. The summed E-state index contributed by atoms with van der Waals surface area (Å²) in [6, 6.07) is 4.23. The lowest BCUT2D eigenvalue weighted by molar-refractivity contribution is -0.137. The third-order valence-corrected chi connectivity index (χ3v) is 2.11. The summed E-state index contributed by atoms with van der Waals surface area (Å²) in [5.74, 6) is 0. The molecule has 2 N–H and O–H groups in total. The lowest BCUT2D eigenvalue weighted by Crippen LogP contribution is -2.05. The minimum Gasteiger partial charge on any atom is -0.360 e. The molecule has 0 aliphatic heterocycles. The fourth-order valence-electron chi connectivity index (χ4n) is 0.828. The molecule has 14 heavy (non-hydrogen) atoms. The second kappa shape index (κ2) is 3.91. The Morgan fingerprint density at radius 3 is 2.07 bits per heavy atom. The maximum Gasteiger partial charge on any atom is 0.416 e. The Balaban J connectivity index is 2.84. The van der Waals surface area contributed by atoms with Crippen molar-refractivity contribution < 1.29 is 18.0 Å². The smallest absolute Gasteiger partial charge is 0.360 e. The van der Waals surface area contributed by atoms with E-state index in [0.29, 0.717) is 16.7 Å². The van der Waals surface area contributed by atoms with Crippen molar-refractivity contribution in [2.24, 2.45) is 5.73 Å². The van der Waals surface area contributed by atoms with Crippen LogP contribution in [0.5, 0.6) is 0 Å². The molecule has 1 amide bonds. The molecule has 0 spiro atoms. The Morgan fingerprint density at radius 1 is 1.21 bits per heavy atom. The van der Waals surface area contributed by atoms with Crippen LogP contribution in [0, 0.1) is 0 Å². The first-order valence-electron chi connectivity index (χ1n) is 3.54. The molecule has 0 aromatic heterocycles. The van der Waals surface area contributed by atoms with Gasteiger partial charge in [0.25, 0.3) is 5.24 Å². The second-order valence-corrected chi connectivity index (χ2v) is 3.52. The molecule has 0 bridgehead atoms. The fourth-order valence-corrected chi connectivity index (χ4v) is 1.33. The summed E-state index contributed by atoms with van der Waals surface area (Å²) < 4.78 is 36.3. The van der Waals surface area contributed by atoms with Gasteiger partial charge in [0.1, 0.15) is 0 Å². The number of hydrogen-bond acceptors (Lipinski definition) is 2. The average Bonchev–Trinajstić information content (AvgIpc) is 2.02. The van der Waals surface area contributed by atoms with E-state index in [1.807, 2.05) is 0 Å². The Hall–Kier alpha value is -1.17. The van der Waals surface area contributed by atoms with Crippen LogP contribution >= 0.6 is 11.8 Å². The maximum absolute atomic E-state index is 12.1. The van der Waals surface area contributed by atoms with Crippen molar-refractivity contribution in [3.05, 3.63) is 29.8 Å². The fraction of sp³-hybridized carbons (Fsp3) is 0.125. The Kier molecular flexibility index (Phi) is 3.05. The van der Waals surface area contributed by atoms with Gasteiger partial charge in [-0.05, 0) is 36.0 Å². The highest BCUT2D eigenvalue weighted by molar-refractivity contribution is 8.13. The van der Waals surface area contributed by atoms with Gasteiger partial charge >= 0.3 is 6.18 Å². The summed E-state index contributed by atoms with van der Waals surface area (Å²) in [6.45, 7) is 0. The molecule has 0 fully saturated rings. The van der Waals surface area contributed by atoms with Gasteiger partial charge < -0.3 is 5.73 Å². The minimum absolute atomic E-state index is 0.394. The van der Waals surface area contributed by atoms with Crippen LogP contribution in [-0.4, -0.2) is 5.24 Å². The summed E-state index contributed by atoms with van der Waals surface area (Å²) in [7, 11) is 0. The van der Waals surface area contributed by atoms with Gasteiger partial charge in [0.05, 0.1) is 5.56 Å². The zero-order chi connectivity index (χ0) is 10.8. The van der Waals surface area contributed by atoms with E-state index in [9.17, 15) is 18.0 Å². The number of hydrogen-bond donors (Lipinski definition) is 1. The van der Waals surface area contributed by atoms with Gasteiger partial charge in [0.15, 0.2) is 0 Å². The van der Waals surface area contributed by atoms with Gasteiger partial charge in [-0.3, -0.25) is 4.79 Å². The van der Waals surface area contributed by atoms with Crippen LogP contribution in [0.15, 0.2) is 29.2 Å². The zero-order valence-electron chi connectivity index (χ0n) is 6.84. The van der Waals surface area contributed by atoms with E-state index in [2.05, 4.69) is 0 Å². The van der Waals surface area contributed by atoms with Crippen LogP contribution in [0.2, 0.25) is 0 Å². The molecule has 76 valence electrons. The van der Waals surface area contributed by atoms with Gasteiger partial charge in [-0.1, -0.05) is 0 Å². The predicted molar refractivity (Wildman–Crippen MR) is 46.9 cm³/mol. The summed E-state index contributed by atoms with van der Waals surface area (Å²) in [4.78, 5) is 10.8. The van der Waals surface area contributed by atoms with Gasteiger partial charge in [-0.15, -0.1) is 0 Å². The summed E-state index contributed by atoms with van der Waals surface area (Å²) in [5, 5.41) is -0.648. The number of carbonyl (C=O) groups excluding carboxylic acids is 1. The zero-order valence-corrected chi connectivity index (χ0v) is 7.65. The molecule has 1 aromatic rings. The molecule has 0 saturated carbocycles. The molecule has 0 aliphatic carbocycles. The summed E-state index contributed by atoms with van der Waals surface area (Å²) in [5.41, 5.74) is 4.11. The van der Waals surface area contributed by atoms with E-state index in [-0.39, 0.29) is 0 Å². The number of halogens is 3. The monoisotopic (exact) mass is 221 g/mol. The Labute approximate surface area is 82.3 Å². The number of nitrogens with two attached hydrogens (primary N) is 1. The molecular formula is C8H6F3NOS. The number of rotatable bonds is 1. The Morgan fingerprint density at radius 2 is 1.71 bits per heavy atom. The van der Waals surface area contributed by atoms with Crippen LogP contribution in [0.1, 0.15) is 5.56 Å². The standard InChI is InChI=1S/C8H6F3NOS/c9-8(10,11)5-1-3-6(4-2-5)14-7(12)13/h1-4H,(H2,12,13). The Bertz CT molecular complexity index is 333. The van der Waals surface area contributed by atoms with Gasteiger partial charge in [-0.25, -0.2) is 0 Å². The molecule has 1 aromatic carbocycles. The van der Waals surface area contributed by atoms with Crippen molar-refractivity contribution >= 4 is 17.0 Å². The highest BCUT2D eigenvalue weighted by Gasteiger charge is 2.29. The lowest BCUT2D eigenvalue weighted by Gasteiger charge is -2.06. The topological polar surface area (TPSA) is 43.1 Å². The van der Waals surface area contributed by atoms with Crippen LogP contribution in [0.4, 0.5) is 18.0 Å². The van der Waals surface area contributed by atoms with Crippen molar-refractivity contribution in [1.82, 2.24) is 0 Å². The number of alkyl halides is 3. The molecule has 0 unspecified atom stereocenters. The number of amides is 1. The van der Waals surface area contributed by atoms with Crippen LogP contribution in [-0.2, 0) is 6.18 Å². The van der Waals surface area contributed by atoms with E-state index in [1.165, 1.54) is 12.1 Å². The molecule has 0 radical (unpaired) electrons. The third kappa shape index (κ3) is 2.95. The van der Waals surface area contributed by atoms with E-state index in [4.69, 9.17) is 5.73 Å². The lowest BCUT2D eigenvalue weighted by atomic mass is 10.2. The van der Waals surface area contributed by atoms with E-state index in [1.54, 1.807) is 0 Å². The van der Waals surface area contributed by atoms with E-state index < -0.39 is 17.0 Å². The molecule has 0 atom stereocenters. The quantitative estimate of drug-likeness (QED) is 0.741. The normalized spacial score (nSPS) is 11.4. The SMILES string of the molecule is NC(=O)Sc1ccc(C(F)(F)F)cc1. The van der Waals surface area contributed by atoms with Crippen molar-refractivity contribution in [3.8, 4) is 0 Å². The summed E-state index contributed by atoms with van der Waals surface area (Å²) in [6.07, 6.45) is -4.35. The van der Waals surface area contributed by atoms with E-state index >= 15 is 0 Å².